The molecule has 0 saturated carbocycles. The molecule has 162 valence electrons. The van der Waals surface area contributed by atoms with Crippen LogP contribution in [0, 0.1) is 13.8 Å². The summed E-state index contributed by atoms with van der Waals surface area (Å²) in [5.74, 6) is 0.219. The lowest BCUT2D eigenvalue weighted by molar-refractivity contribution is -0.119. The minimum absolute atomic E-state index is 0.0189. The lowest BCUT2D eigenvalue weighted by Gasteiger charge is -2.22. The van der Waals surface area contributed by atoms with Crippen LogP contribution in [0.3, 0.4) is 0 Å². The minimum atomic E-state index is 0.0189. The van der Waals surface area contributed by atoms with Crippen molar-refractivity contribution in [1.29, 1.82) is 0 Å². The van der Waals surface area contributed by atoms with E-state index in [0.29, 0.717) is 6.42 Å². The summed E-state index contributed by atoms with van der Waals surface area (Å²) in [5.41, 5.74) is 7.08. The Morgan fingerprint density at radius 3 is 2.74 bits per heavy atom. The largest absolute Gasteiger partial charge is 0.378 e. The van der Waals surface area contributed by atoms with E-state index in [1.54, 1.807) is 6.33 Å². The molecule has 0 bridgehead atoms. The van der Waals surface area contributed by atoms with E-state index >= 15 is 0 Å². The Balaban J connectivity index is 1.44. The van der Waals surface area contributed by atoms with Crippen LogP contribution in [0.4, 0.5) is 5.69 Å². The molecule has 1 aliphatic rings. The molecule has 5 nitrogen and oxygen atoms in total. The number of benzene rings is 2. The number of amides is 1. The van der Waals surface area contributed by atoms with Crippen molar-refractivity contribution >= 4 is 11.6 Å². The van der Waals surface area contributed by atoms with Crippen LogP contribution >= 0.6 is 0 Å². The predicted octanol–water partition coefficient (Wildman–Crippen LogP) is 5.30. The SMILES string of the molecule is Cc1cccc(C(Cc2ccc(NC(=O)CC3CCCCO3)cc2)c2cnc[nH]2)c1C. The normalized spacial score (nSPS) is 17.3. The molecule has 1 aromatic heterocycles. The summed E-state index contributed by atoms with van der Waals surface area (Å²) in [6, 6.07) is 14.6. The number of nitrogens with zero attached hydrogens (tertiary/aromatic N) is 1. The number of aromatic nitrogens is 2. The number of carbonyl (C=O) groups excluding carboxylic acids is 1. The molecular weight excluding hydrogens is 386 g/mol. The molecule has 3 aromatic rings. The fourth-order valence-electron chi connectivity index (χ4n) is 4.34. The number of rotatable bonds is 7. The second-order valence-electron chi connectivity index (χ2n) is 8.49. The smallest absolute Gasteiger partial charge is 0.226 e. The van der Waals surface area contributed by atoms with Gasteiger partial charge < -0.3 is 15.0 Å². The fourth-order valence-corrected chi connectivity index (χ4v) is 4.34. The summed E-state index contributed by atoms with van der Waals surface area (Å²) >= 11 is 0. The fraction of sp³-hybridized carbons (Fsp3) is 0.385. The zero-order valence-corrected chi connectivity index (χ0v) is 18.4. The number of imidazole rings is 1. The second-order valence-corrected chi connectivity index (χ2v) is 8.49. The van der Waals surface area contributed by atoms with E-state index in [0.717, 1.165) is 43.7 Å². The summed E-state index contributed by atoms with van der Waals surface area (Å²) < 4.78 is 5.68. The van der Waals surface area contributed by atoms with Crippen LogP contribution in [-0.2, 0) is 16.0 Å². The Labute approximate surface area is 184 Å². The van der Waals surface area contributed by atoms with Gasteiger partial charge in [0.15, 0.2) is 0 Å². The highest BCUT2D eigenvalue weighted by Crippen LogP contribution is 2.31. The first-order valence-electron chi connectivity index (χ1n) is 11.1. The van der Waals surface area contributed by atoms with Crippen molar-refractivity contribution in [3.05, 3.63) is 82.9 Å². The van der Waals surface area contributed by atoms with Gasteiger partial charge in [-0.15, -0.1) is 0 Å². The first kappa shape index (κ1) is 21.3. The lowest BCUT2D eigenvalue weighted by atomic mass is 9.85. The minimum Gasteiger partial charge on any atom is -0.378 e. The summed E-state index contributed by atoms with van der Waals surface area (Å²) in [6.45, 7) is 5.10. The Kier molecular flexibility index (Phi) is 6.82. The van der Waals surface area contributed by atoms with Gasteiger partial charge in [0.05, 0.1) is 18.9 Å². The van der Waals surface area contributed by atoms with Gasteiger partial charge in [-0.05, 0) is 73.9 Å². The molecule has 0 radical (unpaired) electrons. The monoisotopic (exact) mass is 417 g/mol. The average molecular weight is 418 g/mol. The second kappa shape index (κ2) is 9.92. The first-order chi connectivity index (χ1) is 15.1. The molecule has 0 spiro atoms. The van der Waals surface area contributed by atoms with Gasteiger partial charge in [0.25, 0.3) is 0 Å². The van der Waals surface area contributed by atoms with E-state index in [2.05, 4.69) is 59.5 Å². The number of hydrogen-bond acceptors (Lipinski definition) is 3. The van der Waals surface area contributed by atoms with Crippen molar-refractivity contribution in [3.8, 4) is 0 Å². The Hall–Kier alpha value is -2.92. The number of H-pyrrole nitrogens is 1. The molecule has 2 atom stereocenters. The molecule has 1 amide bonds. The highest BCUT2D eigenvalue weighted by molar-refractivity contribution is 5.91. The van der Waals surface area contributed by atoms with Crippen LogP contribution in [0.25, 0.3) is 0 Å². The van der Waals surface area contributed by atoms with Gasteiger partial charge in [0.2, 0.25) is 5.91 Å². The third kappa shape index (κ3) is 5.42. The molecule has 4 rings (SSSR count). The Bertz CT molecular complexity index is 990. The summed E-state index contributed by atoms with van der Waals surface area (Å²) in [7, 11) is 0. The van der Waals surface area contributed by atoms with Crippen molar-refractivity contribution in [1.82, 2.24) is 9.97 Å². The molecule has 1 aliphatic heterocycles. The third-order valence-corrected chi connectivity index (χ3v) is 6.28. The van der Waals surface area contributed by atoms with Gasteiger partial charge in [-0.1, -0.05) is 30.3 Å². The van der Waals surface area contributed by atoms with Crippen LogP contribution < -0.4 is 5.32 Å². The molecular formula is C26H31N3O2. The summed E-state index contributed by atoms with van der Waals surface area (Å²) in [6.07, 6.45) is 8.20. The number of aryl methyl sites for hydroxylation is 1. The molecule has 5 heteroatoms. The maximum atomic E-state index is 12.4. The van der Waals surface area contributed by atoms with Crippen LogP contribution in [0.2, 0.25) is 0 Å². The maximum Gasteiger partial charge on any atom is 0.226 e. The molecule has 2 heterocycles. The van der Waals surface area contributed by atoms with Crippen molar-refractivity contribution in [2.75, 3.05) is 11.9 Å². The van der Waals surface area contributed by atoms with Crippen LogP contribution in [0.15, 0.2) is 55.0 Å². The summed E-state index contributed by atoms with van der Waals surface area (Å²) in [5, 5.41) is 3.01. The van der Waals surface area contributed by atoms with E-state index in [9.17, 15) is 4.79 Å². The highest BCUT2D eigenvalue weighted by Gasteiger charge is 2.20. The van der Waals surface area contributed by atoms with Gasteiger partial charge >= 0.3 is 0 Å². The van der Waals surface area contributed by atoms with Crippen molar-refractivity contribution in [2.24, 2.45) is 0 Å². The van der Waals surface area contributed by atoms with Gasteiger partial charge in [-0.25, -0.2) is 4.98 Å². The van der Waals surface area contributed by atoms with E-state index < -0.39 is 0 Å². The molecule has 2 unspecified atom stereocenters. The predicted molar refractivity (Wildman–Crippen MR) is 123 cm³/mol. The quantitative estimate of drug-likeness (QED) is 0.548. The van der Waals surface area contributed by atoms with Gasteiger partial charge in [-0.3, -0.25) is 4.79 Å². The van der Waals surface area contributed by atoms with Gasteiger partial charge in [0.1, 0.15) is 0 Å². The highest BCUT2D eigenvalue weighted by atomic mass is 16.5. The lowest BCUT2D eigenvalue weighted by Crippen LogP contribution is -2.25. The van der Waals surface area contributed by atoms with Crippen molar-refractivity contribution in [3.63, 3.8) is 0 Å². The number of nitrogens with one attached hydrogen (secondary N) is 2. The molecule has 1 saturated heterocycles. The first-order valence-corrected chi connectivity index (χ1v) is 11.1. The van der Waals surface area contributed by atoms with Crippen molar-refractivity contribution in [2.45, 2.75) is 58.0 Å². The summed E-state index contributed by atoms with van der Waals surface area (Å²) in [4.78, 5) is 19.9. The molecule has 31 heavy (non-hydrogen) atoms. The van der Waals surface area contributed by atoms with Crippen LogP contribution in [-0.4, -0.2) is 28.6 Å². The number of ether oxygens (including phenoxy) is 1. The number of hydrogen-bond donors (Lipinski definition) is 2. The van der Waals surface area contributed by atoms with E-state index in [4.69, 9.17) is 4.74 Å². The molecule has 1 fully saturated rings. The van der Waals surface area contributed by atoms with Crippen LogP contribution in [0.1, 0.15) is 59.5 Å². The third-order valence-electron chi connectivity index (χ3n) is 6.28. The topological polar surface area (TPSA) is 67.0 Å². The van der Waals surface area contributed by atoms with Crippen molar-refractivity contribution < 1.29 is 9.53 Å². The standard InChI is InChI=1S/C26H31N3O2/c1-18-6-5-8-23(19(18)2)24(25-16-27-17-28-25)14-20-9-11-21(12-10-20)29-26(30)15-22-7-3-4-13-31-22/h5-6,8-12,16-17,22,24H,3-4,7,13-15H2,1-2H3,(H,27,28)(H,29,30). The Morgan fingerprint density at radius 1 is 1.19 bits per heavy atom. The number of anilines is 1. The number of carbonyl (C=O) groups is 1. The van der Waals surface area contributed by atoms with Crippen LogP contribution in [0.5, 0.6) is 0 Å². The molecule has 2 aromatic carbocycles. The van der Waals surface area contributed by atoms with E-state index in [1.807, 2.05) is 18.3 Å². The van der Waals surface area contributed by atoms with Gasteiger partial charge in [-0.2, -0.15) is 0 Å². The zero-order valence-electron chi connectivity index (χ0n) is 18.4. The number of aromatic amines is 1. The van der Waals surface area contributed by atoms with Gasteiger partial charge in [0, 0.05) is 30.1 Å². The molecule has 0 aliphatic carbocycles. The average Bonchev–Trinajstić information content (AvgIpc) is 3.31. The molecule has 2 N–H and O–H groups in total. The van der Waals surface area contributed by atoms with E-state index in [1.165, 1.54) is 22.3 Å². The Morgan fingerprint density at radius 2 is 2.03 bits per heavy atom. The maximum absolute atomic E-state index is 12.4. The van der Waals surface area contributed by atoms with E-state index in [-0.39, 0.29) is 17.9 Å². The zero-order chi connectivity index (χ0) is 21.6.